The number of hydrogen-bond acceptors (Lipinski definition) is 5. The monoisotopic (exact) mass is 495 g/mol. The van der Waals surface area contributed by atoms with Crippen molar-refractivity contribution in [3.05, 3.63) is 47.0 Å². The molecule has 0 unspecified atom stereocenters. The first-order valence-corrected chi connectivity index (χ1v) is 13.1. The molecule has 0 saturated heterocycles. The van der Waals surface area contributed by atoms with Gasteiger partial charge in [0.25, 0.3) is 0 Å². The summed E-state index contributed by atoms with van der Waals surface area (Å²) in [6.07, 6.45) is 0.251. The van der Waals surface area contributed by atoms with E-state index >= 15 is 0 Å². The highest BCUT2D eigenvalue weighted by Gasteiger charge is 2.28. The molecule has 1 aliphatic rings. The van der Waals surface area contributed by atoms with Crippen LogP contribution < -0.4 is 10.2 Å². The summed E-state index contributed by atoms with van der Waals surface area (Å²) in [5, 5.41) is 3.29. The van der Waals surface area contributed by atoms with Gasteiger partial charge in [-0.15, -0.1) is 11.8 Å². The normalized spacial score (nSPS) is 14.3. The van der Waals surface area contributed by atoms with Gasteiger partial charge in [-0.2, -0.15) is 4.31 Å². The van der Waals surface area contributed by atoms with Crippen LogP contribution in [0, 0.1) is 6.92 Å². The molecule has 7 nitrogen and oxygen atoms in total. The molecule has 0 aliphatic carbocycles. The molecular weight excluding hydrogens is 470 g/mol. The Morgan fingerprint density at radius 1 is 1.19 bits per heavy atom. The van der Waals surface area contributed by atoms with Gasteiger partial charge in [0, 0.05) is 40.9 Å². The molecule has 32 heavy (non-hydrogen) atoms. The Morgan fingerprint density at radius 2 is 1.91 bits per heavy atom. The number of thioether (sulfide) groups is 1. The maximum atomic E-state index is 13.0. The SMILES string of the molecule is CCN(CC)S(=O)(=O)c1ccc2c(c1)N(CC(=O)Nc1cc(Cl)ccc1C)C(=O)CCS2. The van der Waals surface area contributed by atoms with Crippen LogP contribution in [0.25, 0.3) is 0 Å². The van der Waals surface area contributed by atoms with Gasteiger partial charge in [-0.1, -0.05) is 31.5 Å². The second kappa shape index (κ2) is 10.2. The molecule has 3 rings (SSSR count). The molecule has 0 fully saturated rings. The van der Waals surface area contributed by atoms with E-state index in [2.05, 4.69) is 5.32 Å². The van der Waals surface area contributed by atoms with E-state index in [1.807, 2.05) is 6.92 Å². The number of anilines is 2. The Bertz CT molecular complexity index is 1130. The number of aryl methyl sites for hydroxylation is 1. The minimum absolute atomic E-state index is 0.103. The first-order chi connectivity index (χ1) is 15.2. The highest BCUT2D eigenvalue weighted by molar-refractivity contribution is 7.99. The lowest BCUT2D eigenvalue weighted by Crippen LogP contribution is -2.38. The molecule has 0 aromatic heterocycles. The number of halogens is 1. The average Bonchev–Trinajstić information content (AvgIpc) is 2.90. The number of nitrogens with one attached hydrogen (secondary N) is 1. The van der Waals surface area contributed by atoms with E-state index in [9.17, 15) is 18.0 Å². The highest BCUT2D eigenvalue weighted by atomic mass is 35.5. The van der Waals surface area contributed by atoms with Gasteiger partial charge in [0.2, 0.25) is 21.8 Å². The molecular formula is C22H26ClN3O4S2. The molecule has 2 amide bonds. The van der Waals surface area contributed by atoms with Crippen LogP contribution in [0.2, 0.25) is 5.02 Å². The standard InChI is InChI=1S/C22H26ClN3O4S2/c1-4-25(5-2)32(29,30)17-8-9-20-19(13-17)26(22(28)10-11-31-20)14-21(27)24-18-12-16(23)7-6-15(18)3/h6-9,12-13H,4-5,10-11,14H2,1-3H3,(H,24,27). The maximum Gasteiger partial charge on any atom is 0.244 e. The van der Waals surface area contributed by atoms with Crippen LogP contribution in [0.15, 0.2) is 46.2 Å². The van der Waals surface area contributed by atoms with E-state index in [0.717, 1.165) is 10.5 Å². The van der Waals surface area contributed by atoms with E-state index < -0.39 is 15.9 Å². The summed E-state index contributed by atoms with van der Waals surface area (Å²) in [5.74, 6) is -0.0652. The minimum atomic E-state index is -3.70. The second-order valence-electron chi connectivity index (χ2n) is 7.30. The Balaban J connectivity index is 1.94. The number of amides is 2. The van der Waals surface area contributed by atoms with Crippen molar-refractivity contribution in [3.63, 3.8) is 0 Å². The third-order valence-corrected chi connectivity index (χ3v) is 8.56. The topological polar surface area (TPSA) is 86.8 Å². The van der Waals surface area contributed by atoms with Crippen LogP contribution >= 0.6 is 23.4 Å². The van der Waals surface area contributed by atoms with Crippen LogP contribution in [0.1, 0.15) is 25.8 Å². The van der Waals surface area contributed by atoms with Crippen molar-refractivity contribution in [1.29, 1.82) is 0 Å². The van der Waals surface area contributed by atoms with E-state index in [1.54, 1.807) is 44.2 Å². The van der Waals surface area contributed by atoms with Crippen molar-refractivity contribution >= 4 is 56.6 Å². The lowest BCUT2D eigenvalue weighted by Gasteiger charge is -2.24. The molecule has 2 aromatic carbocycles. The number of fused-ring (bicyclic) bond motifs is 1. The number of sulfonamides is 1. The summed E-state index contributed by atoms with van der Waals surface area (Å²) in [6.45, 7) is 5.85. The molecule has 1 N–H and O–H groups in total. The molecule has 1 heterocycles. The lowest BCUT2D eigenvalue weighted by atomic mass is 10.2. The molecule has 0 saturated carbocycles. The van der Waals surface area contributed by atoms with Crippen molar-refractivity contribution in [3.8, 4) is 0 Å². The van der Waals surface area contributed by atoms with Gasteiger partial charge >= 0.3 is 0 Å². The van der Waals surface area contributed by atoms with Crippen molar-refractivity contribution in [1.82, 2.24) is 4.31 Å². The van der Waals surface area contributed by atoms with E-state index in [4.69, 9.17) is 11.6 Å². The third kappa shape index (κ3) is 5.28. The number of carbonyl (C=O) groups excluding carboxylic acids is 2. The van der Waals surface area contributed by atoms with Gasteiger partial charge in [0.1, 0.15) is 6.54 Å². The summed E-state index contributed by atoms with van der Waals surface area (Å²) < 4.78 is 27.4. The van der Waals surface area contributed by atoms with Gasteiger partial charge in [0.05, 0.1) is 10.6 Å². The van der Waals surface area contributed by atoms with Gasteiger partial charge < -0.3 is 10.2 Å². The molecule has 0 spiro atoms. The first kappa shape index (κ1) is 24.6. The van der Waals surface area contributed by atoms with Crippen LogP contribution in [-0.2, 0) is 19.6 Å². The maximum absolute atomic E-state index is 13.0. The molecule has 1 aliphatic heterocycles. The predicted octanol–water partition coefficient (Wildman–Crippen LogP) is 4.15. The fraction of sp³-hybridized carbons (Fsp3) is 0.364. The Morgan fingerprint density at radius 3 is 2.59 bits per heavy atom. The van der Waals surface area contributed by atoms with Crippen molar-refractivity contribution in [2.24, 2.45) is 0 Å². The molecule has 172 valence electrons. The van der Waals surface area contributed by atoms with Gasteiger partial charge in [0.15, 0.2) is 0 Å². The summed E-state index contributed by atoms with van der Waals surface area (Å²) in [6, 6.07) is 9.94. The quantitative estimate of drug-likeness (QED) is 0.623. The zero-order valence-electron chi connectivity index (χ0n) is 18.2. The van der Waals surface area contributed by atoms with Crippen LogP contribution in [-0.4, -0.2) is 49.9 Å². The number of carbonyl (C=O) groups is 2. The number of rotatable bonds is 7. The Labute approximate surface area is 198 Å². The van der Waals surface area contributed by atoms with Crippen molar-refractivity contribution in [2.45, 2.75) is 37.0 Å². The highest BCUT2D eigenvalue weighted by Crippen LogP contribution is 2.36. The van der Waals surface area contributed by atoms with Crippen LogP contribution in [0.5, 0.6) is 0 Å². The van der Waals surface area contributed by atoms with Gasteiger partial charge in [-0.05, 0) is 42.8 Å². The van der Waals surface area contributed by atoms with Crippen LogP contribution in [0.4, 0.5) is 11.4 Å². The predicted molar refractivity (Wildman–Crippen MR) is 129 cm³/mol. The van der Waals surface area contributed by atoms with Gasteiger partial charge in [-0.25, -0.2) is 8.42 Å². The van der Waals surface area contributed by atoms with E-state index in [-0.39, 0.29) is 23.8 Å². The smallest absolute Gasteiger partial charge is 0.244 e. The third-order valence-electron chi connectivity index (χ3n) is 5.21. The van der Waals surface area contributed by atoms with E-state index in [0.29, 0.717) is 35.2 Å². The van der Waals surface area contributed by atoms with Crippen LogP contribution in [0.3, 0.4) is 0 Å². The summed E-state index contributed by atoms with van der Waals surface area (Å²) in [4.78, 5) is 27.9. The first-order valence-electron chi connectivity index (χ1n) is 10.3. The Kier molecular flexibility index (Phi) is 7.87. The zero-order chi connectivity index (χ0) is 23.5. The average molecular weight is 496 g/mol. The molecule has 2 aromatic rings. The fourth-order valence-electron chi connectivity index (χ4n) is 3.46. The second-order valence-corrected chi connectivity index (χ2v) is 10.8. The lowest BCUT2D eigenvalue weighted by molar-refractivity contribution is -0.121. The number of nitrogens with zero attached hydrogens (tertiary/aromatic N) is 2. The molecule has 0 radical (unpaired) electrons. The van der Waals surface area contributed by atoms with Crippen molar-refractivity contribution in [2.75, 3.05) is 35.6 Å². The zero-order valence-corrected chi connectivity index (χ0v) is 20.6. The fourth-order valence-corrected chi connectivity index (χ4v) is 6.08. The molecule has 10 heteroatoms. The van der Waals surface area contributed by atoms with E-state index in [1.165, 1.54) is 27.0 Å². The Hall–Kier alpha value is -2.07. The molecule has 0 atom stereocenters. The molecule has 0 bridgehead atoms. The van der Waals surface area contributed by atoms with Crippen molar-refractivity contribution < 1.29 is 18.0 Å². The summed E-state index contributed by atoms with van der Waals surface area (Å²) >= 11 is 7.51. The summed E-state index contributed by atoms with van der Waals surface area (Å²) in [5.41, 5.74) is 1.84. The largest absolute Gasteiger partial charge is 0.324 e. The minimum Gasteiger partial charge on any atom is -0.324 e. The number of hydrogen-bond donors (Lipinski definition) is 1. The summed E-state index contributed by atoms with van der Waals surface area (Å²) in [7, 11) is -3.70. The van der Waals surface area contributed by atoms with Gasteiger partial charge in [-0.3, -0.25) is 9.59 Å². The number of benzene rings is 2.